The molecule has 0 spiro atoms. The number of hydrogen-bond donors (Lipinski definition) is 0. The monoisotopic (exact) mass is 353 g/mol. The summed E-state index contributed by atoms with van der Waals surface area (Å²) in [6.45, 7) is 4.97. The first kappa shape index (κ1) is 18.5. The summed E-state index contributed by atoms with van der Waals surface area (Å²) >= 11 is 0. The number of amides is 1. The molecule has 2 heterocycles. The van der Waals surface area contributed by atoms with Crippen LogP contribution < -0.4 is 0 Å². The second-order valence-electron chi connectivity index (χ2n) is 6.85. The van der Waals surface area contributed by atoms with Crippen LogP contribution in [0.3, 0.4) is 0 Å². The van der Waals surface area contributed by atoms with Crippen molar-refractivity contribution < 1.29 is 9.53 Å². The minimum Gasteiger partial charge on any atom is -0.384 e. The molecule has 1 aliphatic heterocycles. The van der Waals surface area contributed by atoms with E-state index in [-0.39, 0.29) is 5.91 Å². The Morgan fingerprint density at radius 3 is 2.73 bits per heavy atom. The molecule has 138 valence electrons. The average molecular weight is 353 g/mol. The molecular formula is C21H27N3O2. The maximum Gasteiger partial charge on any atom is 0.255 e. The first-order valence-electron chi connectivity index (χ1n) is 9.21. The summed E-state index contributed by atoms with van der Waals surface area (Å²) in [5.74, 6) is 0.378. The Morgan fingerprint density at radius 2 is 2.00 bits per heavy atom. The van der Waals surface area contributed by atoms with Crippen LogP contribution in [0.4, 0.5) is 0 Å². The number of carbonyl (C=O) groups is 1. The minimum atomic E-state index is 0.0594. The van der Waals surface area contributed by atoms with Crippen molar-refractivity contribution in [2.75, 3.05) is 46.4 Å². The summed E-state index contributed by atoms with van der Waals surface area (Å²) in [6.07, 6.45) is 4.36. The Hall–Kier alpha value is -2.24. The molecule has 1 aliphatic rings. The van der Waals surface area contributed by atoms with E-state index in [1.165, 1.54) is 5.56 Å². The summed E-state index contributed by atoms with van der Waals surface area (Å²) in [6, 6.07) is 14.2. The van der Waals surface area contributed by atoms with Crippen molar-refractivity contribution in [1.82, 2.24) is 14.8 Å². The molecule has 5 heteroatoms. The maximum atomic E-state index is 12.8. The van der Waals surface area contributed by atoms with Crippen LogP contribution in [0.5, 0.6) is 0 Å². The fourth-order valence-corrected chi connectivity index (χ4v) is 3.51. The van der Waals surface area contributed by atoms with Gasteiger partial charge in [0, 0.05) is 58.1 Å². The first-order valence-corrected chi connectivity index (χ1v) is 9.21. The number of ether oxygens (including phenoxy) is 1. The lowest BCUT2D eigenvalue weighted by Crippen LogP contribution is -2.37. The lowest BCUT2D eigenvalue weighted by molar-refractivity contribution is 0.0706. The summed E-state index contributed by atoms with van der Waals surface area (Å²) < 4.78 is 5.40. The number of rotatable bonds is 6. The molecule has 1 aromatic heterocycles. The van der Waals surface area contributed by atoms with Crippen LogP contribution in [0, 0.1) is 5.92 Å². The van der Waals surface area contributed by atoms with E-state index in [4.69, 9.17) is 4.74 Å². The van der Waals surface area contributed by atoms with E-state index in [1.54, 1.807) is 19.5 Å². The molecule has 26 heavy (non-hydrogen) atoms. The normalized spacial score (nSPS) is 18.5. The number of methoxy groups -OCH3 is 1. The molecule has 1 fully saturated rings. The number of benzene rings is 1. The van der Waals surface area contributed by atoms with Crippen molar-refractivity contribution in [2.24, 2.45) is 5.92 Å². The summed E-state index contributed by atoms with van der Waals surface area (Å²) in [7, 11) is 1.73. The molecule has 2 aromatic rings. The van der Waals surface area contributed by atoms with Crippen LogP contribution >= 0.6 is 0 Å². The second kappa shape index (κ2) is 9.46. The Kier molecular flexibility index (Phi) is 6.75. The van der Waals surface area contributed by atoms with Gasteiger partial charge in [-0.05, 0) is 24.1 Å². The van der Waals surface area contributed by atoms with E-state index in [1.807, 2.05) is 23.1 Å². The zero-order chi connectivity index (χ0) is 18.2. The molecule has 1 amide bonds. The van der Waals surface area contributed by atoms with E-state index < -0.39 is 0 Å². The van der Waals surface area contributed by atoms with Crippen molar-refractivity contribution in [3.63, 3.8) is 0 Å². The maximum absolute atomic E-state index is 12.8. The number of aromatic nitrogens is 1. The van der Waals surface area contributed by atoms with Gasteiger partial charge in [0.25, 0.3) is 5.91 Å². The van der Waals surface area contributed by atoms with Crippen molar-refractivity contribution in [3.05, 3.63) is 66.0 Å². The van der Waals surface area contributed by atoms with Crippen molar-refractivity contribution in [3.8, 4) is 0 Å². The Morgan fingerprint density at radius 1 is 1.15 bits per heavy atom. The molecule has 0 radical (unpaired) electrons. The molecule has 0 aliphatic carbocycles. The van der Waals surface area contributed by atoms with E-state index in [0.717, 1.165) is 39.1 Å². The number of nitrogens with zero attached hydrogens (tertiary/aromatic N) is 3. The third kappa shape index (κ3) is 5.13. The highest BCUT2D eigenvalue weighted by molar-refractivity contribution is 5.93. The van der Waals surface area contributed by atoms with Gasteiger partial charge in [0.05, 0.1) is 12.2 Å². The molecule has 1 aromatic carbocycles. The standard InChI is InChI=1S/C21H27N3O2/c1-26-17-19-15-23(11-9-18-6-3-2-4-7-18)12-13-24(16-19)21(25)20-8-5-10-22-14-20/h2-8,10,14,19H,9,11-13,15-17H2,1H3. The highest BCUT2D eigenvalue weighted by atomic mass is 16.5. The van der Waals surface area contributed by atoms with Gasteiger partial charge in [0.15, 0.2) is 0 Å². The minimum absolute atomic E-state index is 0.0594. The Balaban J connectivity index is 1.63. The molecule has 0 saturated carbocycles. The van der Waals surface area contributed by atoms with E-state index in [0.29, 0.717) is 18.1 Å². The lowest BCUT2D eigenvalue weighted by Gasteiger charge is -2.24. The van der Waals surface area contributed by atoms with Crippen molar-refractivity contribution in [2.45, 2.75) is 6.42 Å². The largest absolute Gasteiger partial charge is 0.384 e. The van der Waals surface area contributed by atoms with Crippen molar-refractivity contribution >= 4 is 5.91 Å². The predicted octanol–water partition coefficient (Wildman–Crippen LogP) is 2.34. The van der Waals surface area contributed by atoms with Gasteiger partial charge >= 0.3 is 0 Å². The van der Waals surface area contributed by atoms with Crippen LogP contribution in [0.1, 0.15) is 15.9 Å². The highest BCUT2D eigenvalue weighted by Gasteiger charge is 2.26. The number of carbonyl (C=O) groups excluding carboxylic acids is 1. The zero-order valence-corrected chi connectivity index (χ0v) is 15.4. The summed E-state index contributed by atoms with van der Waals surface area (Å²) in [5, 5.41) is 0. The van der Waals surface area contributed by atoms with Crippen LogP contribution in [0.2, 0.25) is 0 Å². The highest BCUT2D eigenvalue weighted by Crippen LogP contribution is 2.14. The van der Waals surface area contributed by atoms with Gasteiger partial charge in [-0.1, -0.05) is 30.3 Å². The van der Waals surface area contributed by atoms with Gasteiger partial charge in [-0.25, -0.2) is 0 Å². The second-order valence-corrected chi connectivity index (χ2v) is 6.85. The SMILES string of the molecule is COCC1CN(CCc2ccccc2)CCN(C(=O)c2cccnc2)C1. The van der Waals surface area contributed by atoms with Crippen LogP contribution in [-0.2, 0) is 11.2 Å². The number of hydrogen-bond acceptors (Lipinski definition) is 4. The van der Waals surface area contributed by atoms with E-state index >= 15 is 0 Å². The molecule has 0 bridgehead atoms. The third-order valence-corrected chi connectivity index (χ3v) is 4.84. The molecule has 1 saturated heterocycles. The van der Waals surface area contributed by atoms with E-state index in [9.17, 15) is 4.79 Å². The fourth-order valence-electron chi connectivity index (χ4n) is 3.51. The molecule has 0 N–H and O–H groups in total. The van der Waals surface area contributed by atoms with Crippen molar-refractivity contribution in [1.29, 1.82) is 0 Å². The molecule has 3 rings (SSSR count). The smallest absolute Gasteiger partial charge is 0.255 e. The quantitative estimate of drug-likeness (QED) is 0.800. The first-order chi connectivity index (χ1) is 12.8. The zero-order valence-electron chi connectivity index (χ0n) is 15.4. The van der Waals surface area contributed by atoms with Crippen LogP contribution in [-0.4, -0.2) is 67.1 Å². The van der Waals surface area contributed by atoms with Gasteiger partial charge in [-0.15, -0.1) is 0 Å². The summed E-state index contributed by atoms with van der Waals surface area (Å²) in [4.78, 5) is 21.3. The number of pyridine rings is 1. The third-order valence-electron chi connectivity index (χ3n) is 4.84. The van der Waals surface area contributed by atoms with Gasteiger partial charge < -0.3 is 14.5 Å². The molecule has 1 unspecified atom stereocenters. The Labute approximate surface area is 155 Å². The molecule has 1 atom stereocenters. The van der Waals surface area contributed by atoms with Crippen LogP contribution in [0.25, 0.3) is 0 Å². The van der Waals surface area contributed by atoms with Gasteiger partial charge in [-0.3, -0.25) is 9.78 Å². The van der Waals surface area contributed by atoms with Gasteiger partial charge in [0.2, 0.25) is 0 Å². The predicted molar refractivity (Wildman–Crippen MR) is 102 cm³/mol. The topological polar surface area (TPSA) is 45.7 Å². The Bertz CT molecular complexity index is 678. The van der Waals surface area contributed by atoms with E-state index in [2.05, 4.69) is 34.1 Å². The summed E-state index contributed by atoms with van der Waals surface area (Å²) in [5.41, 5.74) is 2.00. The average Bonchev–Trinajstić information content (AvgIpc) is 2.90. The lowest BCUT2D eigenvalue weighted by atomic mass is 10.1. The van der Waals surface area contributed by atoms with Crippen LogP contribution in [0.15, 0.2) is 54.9 Å². The molecule has 5 nitrogen and oxygen atoms in total. The van der Waals surface area contributed by atoms with Gasteiger partial charge in [-0.2, -0.15) is 0 Å². The fraction of sp³-hybridized carbons (Fsp3) is 0.429. The molecular weight excluding hydrogens is 326 g/mol. The van der Waals surface area contributed by atoms with Gasteiger partial charge in [0.1, 0.15) is 0 Å².